The van der Waals surface area contributed by atoms with Crippen LogP contribution in [-0.2, 0) is 6.54 Å². The smallest absolute Gasteiger partial charge is 0.255 e. The summed E-state index contributed by atoms with van der Waals surface area (Å²) < 4.78 is 0. The van der Waals surface area contributed by atoms with Crippen LogP contribution in [0.4, 0.5) is 5.69 Å². The minimum Gasteiger partial charge on any atom is -0.392 e. The van der Waals surface area contributed by atoms with Gasteiger partial charge in [-0.1, -0.05) is 29.8 Å². The first-order valence-corrected chi connectivity index (χ1v) is 8.96. The number of aliphatic hydroxyl groups is 1. The number of nitrogens with one attached hydrogen (secondary N) is 1. The number of hydrogen-bond donors (Lipinski definition) is 2. The number of benzene rings is 2. The number of nitrogens with zero attached hydrogens (tertiary/aromatic N) is 1. The Bertz CT molecular complexity index is 763. The van der Waals surface area contributed by atoms with E-state index < -0.39 is 0 Å². The third-order valence-corrected chi connectivity index (χ3v) is 4.78. The lowest BCUT2D eigenvalue weighted by Crippen LogP contribution is -2.37. The second-order valence-electron chi connectivity index (χ2n) is 6.67. The molecule has 0 bridgehead atoms. The van der Waals surface area contributed by atoms with Crippen molar-refractivity contribution in [3.05, 3.63) is 64.2 Å². The van der Waals surface area contributed by atoms with Gasteiger partial charge in [0, 0.05) is 18.7 Å². The number of rotatable bonds is 4. The van der Waals surface area contributed by atoms with E-state index in [2.05, 4.69) is 10.2 Å². The summed E-state index contributed by atoms with van der Waals surface area (Å²) in [5.74, 6) is -0.173. The average molecular weight is 359 g/mol. The number of halogens is 1. The van der Waals surface area contributed by atoms with Crippen LogP contribution in [0.25, 0.3) is 0 Å². The monoisotopic (exact) mass is 358 g/mol. The summed E-state index contributed by atoms with van der Waals surface area (Å²) in [6.45, 7) is 4.37. The van der Waals surface area contributed by atoms with Crippen LogP contribution in [0.5, 0.6) is 0 Å². The molecule has 132 valence electrons. The van der Waals surface area contributed by atoms with Gasteiger partial charge in [0.15, 0.2) is 0 Å². The molecule has 0 saturated carbocycles. The van der Waals surface area contributed by atoms with Gasteiger partial charge in [0.05, 0.1) is 16.8 Å². The molecule has 1 saturated heterocycles. The number of carbonyl (C=O) groups excluding carboxylic acids is 1. The topological polar surface area (TPSA) is 52.6 Å². The normalized spacial score (nSPS) is 18.1. The molecule has 1 atom stereocenters. The highest BCUT2D eigenvalue weighted by Crippen LogP contribution is 2.23. The molecule has 0 spiro atoms. The number of likely N-dealkylation sites (tertiary alicyclic amines) is 1. The maximum absolute atomic E-state index is 12.6. The van der Waals surface area contributed by atoms with Gasteiger partial charge in [0.1, 0.15) is 0 Å². The largest absolute Gasteiger partial charge is 0.392 e. The Kier molecular flexibility index (Phi) is 5.74. The number of amides is 1. The second-order valence-corrected chi connectivity index (χ2v) is 7.08. The molecule has 1 aliphatic heterocycles. The molecule has 1 aliphatic rings. The molecule has 0 aromatic heterocycles. The Hall–Kier alpha value is -1.88. The van der Waals surface area contributed by atoms with E-state index in [4.69, 9.17) is 11.6 Å². The molecule has 2 N–H and O–H groups in total. The van der Waals surface area contributed by atoms with E-state index in [1.807, 2.05) is 37.3 Å². The van der Waals surface area contributed by atoms with Crippen molar-refractivity contribution >= 4 is 23.2 Å². The number of aliphatic hydroxyl groups excluding tert-OH is 1. The van der Waals surface area contributed by atoms with Crippen LogP contribution in [0.15, 0.2) is 42.5 Å². The fourth-order valence-corrected chi connectivity index (χ4v) is 3.34. The van der Waals surface area contributed by atoms with Crippen molar-refractivity contribution in [1.29, 1.82) is 0 Å². The summed E-state index contributed by atoms with van der Waals surface area (Å²) in [7, 11) is 0. The first-order chi connectivity index (χ1) is 12.0. The Labute approximate surface area is 153 Å². The van der Waals surface area contributed by atoms with Gasteiger partial charge in [-0.2, -0.15) is 0 Å². The summed E-state index contributed by atoms with van der Waals surface area (Å²) in [5, 5.41) is 13.2. The van der Waals surface area contributed by atoms with Crippen molar-refractivity contribution in [2.75, 3.05) is 18.4 Å². The summed E-state index contributed by atoms with van der Waals surface area (Å²) in [5.41, 5.74) is 3.33. The Morgan fingerprint density at radius 1 is 1.32 bits per heavy atom. The van der Waals surface area contributed by atoms with Crippen molar-refractivity contribution in [3.63, 3.8) is 0 Å². The predicted octanol–water partition coefficient (Wildman–Crippen LogP) is 3.86. The number of carbonyl (C=O) groups is 1. The minimum atomic E-state index is -0.247. The van der Waals surface area contributed by atoms with Crippen LogP contribution in [0.1, 0.15) is 34.3 Å². The van der Waals surface area contributed by atoms with E-state index in [0.717, 1.165) is 37.1 Å². The maximum atomic E-state index is 12.6. The Balaban J connectivity index is 1.70. The van der Waals surface area contributed by atoms with E-state index in [-0.39, 0.29) is 12.0 Å². The molecular formula is C20H23ClN2O2. The first-order valence-electron chi connectivity index (χ1n) is 8.58. The third-order valence-electron chi connectivity index (χ3n) is 4.45. The number of anilines is 1. The molecule has 1 amide bonds. The van der Waals surface area contributed by atoms with Crippen LogP contribution in [0.3, 0.4) is 0 Å². The lowest BCUT2D eigenvalue weighted by molar-refractivity contribution is 0.0668. The molecule has 25 heavy (non-hydrogen) atoms. The third kappa shape index (κ3) is 4.82. The van der Waals surface area contributed by atoms with E-state index in [9.17, 15) is 9.90 Å². The molecule has 5 heteroatoms. The molecule has 3 rings (SSSR count). The lowest BCUT2D eigenvalue weighted by atomic mass is 10.1. The van der Waals surface area contributed by atoms with E-state index in [1.165, 1.54) is 0 Å². The molecule has 0 radical (unpaired) electrons. The molecule has 2 aromatic rings. The lowest BCUT2D eigenvalue weighted by Gasteiger charge is -2.30. The van der Waals surface area contributed by atoms with Crippen molar-refractivity contribution < 1.29 is 9.90 Å². The van der Waals surface area contributed by atoms with Gasteiger partial charge in [-0.15, -0.1) is 0 Å². The summed E-state index contributed by atoms with van der Waals surface area (Å²) in [6.07, 6.45) is 1.63. The quantitative estimate of drug-likeness (QED) is 0.872. The maximum Gasteiger partial charge on any atom is 0.255 e. The second kappa shape index (κ2) is 8.00. The number of β-amino-alcohol motifs (C(OH)–C–C–N with tert-alkyl or cyclic N) is 1. The van der Waals surface area contributed by atoms with E-state index >= 15 is 0 Å². The first kappa shape index (κ1) is 17.9. The predicted molar refractivity (Wildman–Crippen MR) is 101 cm³/mol. The van der Waals surface area contributed by atoms with E-state index in [0.29, 0.717) is 22.8 Å². The van der Waals surface area contributed by atoms with Gasteiger partial charge in [0.25, 0.3) is 5.91 Å². The van der Waals surface area contributed by atoms with Gasteiger partial charge in [-0.3, -0.25) is 9.69 Å². The summed E-state index contributed by atoms with van der Waals surface area (Å²) >= 11 is 6.16. The zero-order valence-corrected chi connectivity index (χ0v) is 15.1. The van der Waals surface area contributed by atoms with E-state index in [1.54, 1.807) is 12.1 Å². The number of piperidine rings is 1. The molecule has 2 aromatic carbocycles. The standard InChI is InChI=1S/C20H23ClN2O2/c1-14-7-8-18(21)19(10-14)22-20(25)16-5-2-4-15(11-16)12-23-9-3-6-17(24)13-23/h2,4-5,7-8,10-11,17,24H,3,6,9,12-13H2,1H3,(H,22,25). The van der Waals surface area contributed by atoms with Crippen LogP contribution in [-0.4, -0.2) is 35.1 Å². The molecular weight excluding hydrogens is 336 g/mol. The Morgan fingerprint density at radius 2 is 2.16 bits per heavy atom. The van der Waals surface area contributed by atoms with Gasteiger partial charge in [-0.05, 0) is 61.7 Å². The molecule has 1 heterocycles. The summed E-state index contributed by atoms with van der Waals surface area (Å²) in [6, 6.07) is 13.2. The highest BCUT2D eigenvalue weighted by molar-refractivity contribution is 6.34. The fourth-order valence-electron chi connectivity index (χ4n) is 3.17. The van der Waals surface area contributed by atoms with Crippen molar-refractivity contribution in [2.24, 2.45) is 0 Å². The number of hydrogen-bond acceptors (Lipinski definition) is 3. The van der Waals surface area contributed by atoms with Crippen LogP contribution in [0.2, 0.25) is 5.02 Å². The average Bonchev–Trinajstić information content (AvgIpc) is 2.58. The SMILES string of the molecule is Cc1ccc(Cl)c(NC(=O)c2cccc(CN3CCCC(O)C3)c2)c1. The minimum absolute atomic E-state index is 0.173. The highest BCUT2D eigenvalue weighted by Gasteiger charge is 2.18. The van der Waals surface area contributed by atoms with Crippen molar-refractivity contribution in [2.45, 2.75) is 32.4 Å². The van der Waals surface area contributed by atoms with Crippen molar-refractivity contribution in [3.8, 4) is 0 Å². The van der Waals surface area contributed by atoms with Gasteiger partial charge in [-0.25, -0.2) is 0 Å². The van der Waals surface area contributed by atoms with Gasteiger partial charge in [0.2, 0.25) is 0 Å². The zero-order valence-electron chi connectivity index (χ0n) is 14.3. The highest BCUT2D eigenvalue weighted by atomic mass is 35.5. The Morgan fingerprint density at radius 3 is 2.96 bits per heavy atom. The molecule has 0 aliphatic carbocycles. The molecule has 4 nitrogen and oxygen atoms in total. The molecule has 1 fully saturated rings. The van der Waals surface area contributed by atoms with Crippen LogP contribution in [0, 0.1) is 6.92 Å². The van der Waals surface area contributed by atoms with Gasteiger partial charge < -0.3 is 10.4 Å². The van der Waals surface area contributed by atoms with Crippen LogP contribution >= 0.6 is 11.6 Å². The molecule has 1 unspecified atom stereocenters. The zero-order chi connectivity index (χ0) is 17.8. The van der Waals surface area contributed by atoms with Gasteiger partial charge >= 0.3 is 0 Å². The van der Waals surface area contributed by atoms with Crippen molar-refractivity contribution in [1.82, 2.24) is 4.90 Å². The summed E-state index contributed by atoms with van der Waals surface area (Å²) in [4.78, 5) is 14.8. The number of aryl methyl sites for hydroxylation is 1. The fraction of sp³-hybridized carbons (Fsp3) is 0.350. The van der Waals surface area contributed by atoms with Crippen LogP contribution < -0.4 is 5.32 Å².